The van der Waals surface area contributed by atoms with Crippen LogP contribution >= 0.6 is 0 Å². The molecule has 0 spiro atoms. The summed E-state index contributed by atoms with van der Waals surface area (Å²) in [6.45, 7) is 6.46. The van der Waals surface area contributed by atoms with Crippen molar-refractivity contribution in [1.82, 2.24) is 10.2 Å². The fourth-order valence-electron chi connectivity index (χ4n) is 2.33. The molecule has 2 rings (SSSR count). The van der Waals surface area contributed by atoms with Crippen LogP contribution in [0.5, 0.6) is 0 Å². The van der Waals surface area contributed by atoms with Crippen molar-refractivity contribution in [3.63, 3.8) is 0 Å². The molecule has 8 heteroatoms. The topological polar surface area (TPSA) is 114 Å². The van der Waals surface area contributed by atoms with Crippen molar-refractivity contribution in [2.75, 3.05) is 25.0 Å². The van der Waals surface area contributed by atoms with Crippen LogP contribution in [0.1, 0.15) is 31.1 Å². The lowest BCUT2D eigenvalue weighted by molar-refractivity contribution is -0.133. The molecule has 4 amide bonds. The normalized spacial score (nSPS) is 17.7. The summed E-state index contributed by atoms with van der Waals surface area (Å²) in [6, 6.07) is 6.24. The van der Waals surface area contributed by atoms with Crippen LogP contribution in [0.3, 0.4) is 0 Å². The Morgan fingerprint density at radius 1 is 1.20 bits per heavy atom. The number of amides is 4. The van der Waals surface area contributed by atoms with Gasteiger partial charge in [0.1, 0.15) is 0 Å². The van der Waals surface area contributed by atoms with Crippen LogP contribution in [0.25, 0.3) is 0 Å². The van der Waals surface area contributed by atoms with Gasteiger partial charge in [-0.25, -0.2) is 4.79 Å². The van der Waals surface area contributed by atoms with Gasteiger partial charge in [0, 0.05) is 23.3 Å². The van der Waals surface area contributed by atoms with Crippen molar-refractivity contribution in [1.29, 1.82) is 0 Å². The number of ether oxygens (including phenoxy) is 1. The van der Waals surface area contributed by atoms with E-state index in [0.717, 1.165) is 0 Å². The summed E-state index contributed by atoms with van der Waals surface area (Å²) in [6.07, 6.45) is -0.789. The van der Waals surface area contributed by atoms with E-state index in [9.17, 15) is 14.4 Å². The number of urea groups is 1. The van der Waals surface area contributed by atoms with Gasteiger partial charge in [-0.3, -0.25) is 9.59 Å². The number of carbonyl (C=O) groups excluding carboxylic acids is 3. The summed E-state index contributed by atoms with van der Waals surface area (Å²) in [7, 11) is 0. The minimum atomic E-state index is -0.789. The minimum Gasteiger partial charge on any atom is -0.367 e. The third-order valence-electron chi connectivity index (χ3n) is 3.56. The van der Waals surface area contributed by atoms with Gasteiger partial charge in [0.15, 0.2) is 6.10 Å². The van der Waals surface area contributed by atoms with Crippen molar-refractivity contribution >= 4 is 23.5 Å². The van der Waals surface area contributed by atoms with E-state index in [1.54, 1.807) is 24.3 Å². The largest absolute Gasteiger partial charge is 0.367 e. The highest BCUT2D eigenvalue weighted by Crippen LogP contribution is 2.13. The minimum absolute atomic E-state index is 0.118. The monoisotopic (exact) mass is 348 g/mol. The number of hydrogen-bond acceptors (Lipinski definition) is 4. The van der Waals surface area contributed by atoms with Crippen molar-refractivity contribution in [3.05, 3.63) is 29.8 Å². The molecule has 0 bridgehead atoms. The first-order valence-corrected chi connectivity index (χ1v) is 8.05. The first-order chi connectivity index (χ1) is 11.7. The quantitative estimate of drug-likeness (QED) is 0.754. The van der Waals surface area contributed by atoms with Crippen molar-refractivity contribution in [2.45, 2.75) is 32.4 Å². The van der Waals surface area contributed by atoms with Gasteiger partial charge in [-0.05, 0) is 45.0 Å². The van der Waals surface area contributed by atoms with Crippen LogP contribution in [0, 0.1) is 0 Å². The van der Waals surface area contributed by atoms with E-state index in [0.29, 0.717) is 17.8 Å². The molecule has 1 fully saturated rings. The number of nitrogens with zero attached hydrogens (tertiary/aromatic N) is 1. The smallest absolute Gasteiger partial charge is 0.322 e. The Balaban J connectivity index is 1.95. The lowest BCUT2D eigenvalue weighted by atomic mass is 10.1. The molecule has 136 valence electrons. The molecule has 1 aromatic carbocycles. The van der Waals surface area contributed by atoms with Gasteiger partial charge in [-0.1, -0.05) is 0 Å². The van der Waals surface area contributed by atoms with E-state index in [2.05, 4.69) is 10.6 Å². The van der Waals surface area contributed by atoms with Crippen LogP contribution < -0.4 is 16.4 Å². The number of morpholine rings is 1. The Bertz CT molecular complexity index is 652. The van der Waals surface area contributed by atoms with Gasteiger partial charge in [0.25, 0.3) is 5.91 Å². The molecule has 0 aliphatic carbocycles. The molecule has 1 aliphatic heterocycles. The summed E-state index contributed by atoms with van der Waals surface area (Å²) in [5, 5.41) is 5.60. The average molecular weight is 348 g/mol. The van der Waals surface area contributed by atoms with E-state index >= 15 is 0 Å². The fraction of sp³-hybridized carbons (Fsp3) is 0.471. The maximum Gasteiger partial charge on any atom is 0.322 e. The van der Waals surface area contributed by atoms with E-state index < -0.39 is 12.0 Å². The zero-order chi connectivity index (χ0) is 18.6. The molecule has 1 aliphatic rings. The maximum atomic E-state index is 12.3. The van der Waals surface area contributed by atoms with Crippen molar-refractivity contribution < 1.29 is 19.1 Å². The van der Waals surface area contributed by atoms with E-state index in [-0.39, 0.29) is 30.6 Å². The standard InChI is InChI=1S/C17H24N4O4/c1-17(2,3)20-15(23)11-4-6-12(7-5-11)19-16(24)21-8-9-25-13(10-21)14(18)22/h4-7,13H,8-10H2,1-3H3,(H2,18,22)(H,19,24)(H,20,23). The molecule has 25 heavy (non-hydrogen) atoms. The number of benzene rings is 1. The molecule has 4 N–H and O–H groups in total. The van der Waals surface area contributed by atoms with E-state index in [1.165, 1.54) is 4.90 Å². The lowest BCUT2D eigenvalue weighted by Crippen LogP contribution is -2.51. The molecule has 1 heterocycles. The first kappa shape index (κ1) is 18.7. The number of nitrogens with one attached hydrogen (secondary N) is 2. The third kappa shape index (κ3) is 5.46. The van der Waals surface area contributed by atoms with E-state index in [1.807, 2.05) is 20.8 Å². The predicted octanol–water partition coefficient (Wildman–Crippen LogP) is 0.933. The number of hydrogen-bond donors (Lipinski definition) is 3. The fourth-order valence-corrected chi connectivity index (χ4v) is 2.33. The zero-order valence-corrected chi connectivity index (χ0v) is 14.7. The number of primary amides is 1. The molecule has 0 radical (unpaired) electrons. The highest BCUT2D eigenvalue weighted by molar-refractivity contribution is 5.96. The van der Waals surface area contributed by atoms with Crippen LogP contribution in [-0.2, 0) is 9.53 Å². The summed E-state index contributed by atoms with van der Waals surface area (Å²) in [5.74, 6) is -0.769. The van der Waals surface area contributed by atoms with Crippen LogP contribution in [0.15, 0.2) is 24.3 Å². The van der Waals surface area contributed by atoms with Gasteiger partial charge >= 0.3 is 6.03 Å². The molecule has 1 aromatic rings. The molecule has 0 aromatic heterocycles. The van der Waals surface area contributed by atoms with Crippen molar-refractivity contribution in [2.24, 2.45) is 5.73 Å². The Hall–Kier alpha value is -2.61. The zero-order valence-electron chi connectivity index (χ0n) is 14.7. The van der Waals surface area contributed by atoms with Crippen LogP contribution in [0.4, 0.5) is 10.5 Å². The summed E-state index contributed by atoms with van der Waals surface area (Å²) < 4.78 is 5.21. The highest BCUT2D eigenvalue weighted by Gasteiger charge is 2.27. The second-order valence-corrected chi connectivity index (χ2v) is 6.92. The van der Waals surface area contributed by atoms with Gasteiger partial charge in [-0.2, -0.15) is 0 Å². The van der Waals surface area contributed by atoms with Crippen molar-refractivity contribution in [3.8, 4) is 0 Å². The SMILES string of the molecule is CC(C)(C)NC(=O)c1ccc(NC(=O)N2CCOC(C(N)=O)C2)cc1. The molecule has 1 saturated heterocycles. The van der Waals surface area contributed by atoms with Gasteiger partial charge < -0.3 is 26.0 Å². The Labute approximate surface area is 146 Å². The Morgan fingerprint density at radius 2 is 1.84 bits per heavy atom. The number of anilines is 1. The second-order valence-electron chi connectivity index (χ2n) is 6.92. The van der Waals surface area contributed by atoms with E-state index in [4.69, 9.17) is 10.5 Å². The van der Waals surface area contributed by atoms with Gasteiger partial charge in [-0.15, -0.1) is 0 Å². The summed E-state index contributed by atoms with van der Waals surface area (Å²) in [5.41, 5.74) is 5.95. The molecule has 1 atom stereocenters. The first-order valence-electron chi connectivity index (χ1n) is 8.05. The number of carbonyl (C=O) groups is 3. The Morgan fingerprint density at radius 3 is 2.40 bits per heavy atom. The summed E-state index contributed by atoms with van der Waals surface area (Å²) in [4.78, 5) is 37.0. The highest BCUT2D eigenvalue weighted by atomic mass is 16.5. The molecular weight excluding hydrogens is 324 g/mol. The number of nitrogens with two attached hydrogens (primary N) is 1. The molecule has 1 unspecified atom stereocenters. The maximum absolute atomic E-state index is 12.3. The molecular formula is C17H24N4O4. The second kappa shape index (κ2) is 7.52. The third-order valence-corrected chi connectivity index (χ3v) is 3.56. The van der Waals surface area contributed by atoms with Gasteiger partial charge in [0.05, 0.1) is 13.2 Å². The summed E-state index contributed by atoms with van der Waals surface area (Å²) >= 11 is 0. The van der Waals surface area contributed by atoms with Crippen LogP contribution in [-0.4, -0.2) is 54.1 Å². The average Bonchev–Trinajstić information content (AvgIpc) is 2.54. The number of rotatable bonds is 3. The Kier molecular flexibility index (Phi) is 5.63. The predicted molar refractivity (Wildman–Crippen MR) is 93.2 cm³/mol. The lowest BCUT2D eigenvalue weighted by Gasteiger charge is -2.31. The molecule has 0 saturated carbocycles. The van der Waals surface area contributed by atoms with Gasteiger partial charge in [0.2, 0.25) is 5.91 Å². The van der Waals surface area contributed by atoms with Crippen LogP contribution in [0.2, 0.25) is 0 Å². The molecule has 8 nitrogen and oxygen atoms in total.